The number of rotatable bonds is 7. The Morgan fingerprint density at radius 2 is 2.00 bits per heavy atom. The fraction of sp³-hybridized carbons (Fsp3) is 0.650. The molecule has 6 nitrogen and oxygen atoms in total. The van der Waals surface area contributed by atoms with E-state index in [1.807, 2.05) is 6.07 Å². The summed E-state index contributed by atoms with van der Waals surface area (Å²) in [5.74, 6) is 3.44. The van der Waals surface area contributed by atoms with E-state index in [0.717, 1.165) is 62.6 Å². The van der Waals surface area contributed by atoms with Crippen LogP contribution < -0.4 is 14.8 Å². The molecule has 0 saturated carbocycles. The monoisotopic (exact) mass is 489 g/mol. The average molecular weight is 489 g/mol. The Morgan fingerprint density at radius 1 is 1.22 bits per heavy atom. The van der Waals surface area contributed by atoms with Crippen molar-refractivity contribution in [1.29, 1.82) is 0 Å². The van der Waals surface area contributed by atoms with Crippen LogP contribution in [0.4, 0.5) is 0 Å². The largest absolute Gasteiger partial charge is 0.454 e. The van der Waals surface area contributed by atoms with Crippen molar-refractivity contribution in [3.8, 4) is 11.5 Å². The van der Waals surface area contributed by atoms with Crippen LogP contribution in [0, 0.1) is 5.92 Å². The topological polar surface area (TPSA) is 55.3 Å². The highest BCUT2D eigenvalue weighted by Crippen LogP contribution is 2.32. The average Bonchev–Trinajstić information content (AvgIpc) is 3.14. The minimum absolute atomic E-state index is 0. The number of hydrogen-bond acceptors (Lipinski definition) is 4. The quantitative estimate of drug-likeness (QED) is 0.362. The summed E-state index contributed by atoms with van der Waals surface area (Å²) in [4.78, 5) is 7.05. The minimum Gasteiger partial charge on any atom is -0.454 e. The van der Waals surface area contributed by atoms with Gasteiger partial charge in [0.1, 0.15) is 0 Å². The Hall–Kier alpha value is -1.22. The van der Waals surface area contributed by atoms with Crippen LogP contribution in [0.2, 0.25) is 0 Å². The molecule has 2 aliphatic heterocycles. The molecule has 0 unspecified atom stereocenters. The van der Waals surface area contributed by atoms with E-state index in [-0.39, 0.29) is 24.0 Å². The number of nitrogens with one attached hydrogen (secondary N) is 1. The highest BCUT2D eigenvalue weighted by Gasteiger charge is 2.16. The predicted octanol–water partition coefficient (Wildman–Crippen LogP) is 3.29. The highest BCUT2D eigenvalue weighted by molar-refractivity contribution is 14.0. The zero-order valence-corrected chi connectivity index (χ0v) is 18.7. The molecule has 3 rings (SSSR count). The molecule has 0 aliphatic carbocycles. The number of halogens is 1. The molecule has 0 spiro atoms. The number of fused-ring (bicyclic) bond motifs is 1. The van der Waals surface area contributed by atoms with Crippen LogP contribution in [0.25, 0.3) is 0 Å². The number of hydrogen-bond donors (Lipinski definition) is 1. The molecule has 0 bridgehead atoms. The van der Waals surface area contributed by atoms with Gasteiger partial charge in [-0.3, -0.25) is 4.99 Å². The molecule has 0 radical (unpaired) electrons. The van der Waals surface area contributed by atoms with E-state index in [9.17, 15) is 0 Å². The van der Waals surface area contributed by atoms with Gasteiger partial charge in [0.05, 0.1) is 0 Å². The van der Waals surface area contributed by atoms with Crippen molar-refractivity contribution in [2.75, 3.05) is 46.7 Å². The molecule has 152 valence electrons. The van der Waals surface area contributed by atoms with Gasteiger partial charge in [0.2, 0.25) is 6.79 Å². The first-order valence-corrected chi connectivity index (χ1v) is 9.72. The lowest BCUT2D eigenvalue weighted by atomic mass is 9.96. The van der Waals surface area contributed by atoms with E-state index >= 15 is 0 Å². The van der Waals surface area contributed by atoms with E-state index in [4.69, 9.17) is 19.2 Å². The van der Waals surface area contributed by atoms with Crippen molar-refractivity contribution in [2.24, 2.45) is 10.9 Å². The van der Waals surface area contributed by atoms with Crippen LogP contribution in [-0.4, -0.2) is 57.5 Å². The molecular weight excluding hydrogens is 457 g/mol. The minimum atomic E-state index is 0. The third-order valence-electron chi connectivity index (χ3n) is 5.01. The van der Waals surface area contributed by atoms with Gasteiger partial charge >= 0.3 is 0 Å². The summed E-state index contributed by atoms with van der Waals surface area (Å²) in [5, 5.41) is 3.40. The van der Waals surface area contributed by atoms with Gasteiger partial charge in [-0.25, -0.2) is 0 Å². The first kappa shape index (κ1) is 22.1. The lowest BCUT2D eigenvalue weighted by Crippen LogP contribution is -2.40. The number of aliphatic imine (C=N–C) groups is 1. The molecule has 1 aromatic carbocycles. The highest BCUT2D eigenvalue weighted by atomic mass is 127. The molecule has 27 heavy (non-hydrogen) atoms. The molecule has 0 aromatic heterocycles. The molecule has 1 fully saturated rings. The van der Waals surface area contributed by atoms with E-state index in [1.54, 1.807) is 0 Å². The second kappa shape index (κ2) is 11.6. The molecule has 2 heterocycles. The van der Waals surface area contributed by atoms with Crippen molar-refractivity contribution in [1.82, 2.24) is 10.2 Å². The zero-order chi connectivity index (χ0) is 18.2. The number of ether oxygens (including phenoxy) is 3. The predicted molar refractivity (Wildman–Crippen MR) is 118 cm³/mol. The van der Waals surface area contributed by atoms with Crippen molar-refractivity contribution in [3.05, 3.63) is 23.8 Å². The fourth-order valence-electron chi connectivity index (χ4n) is 3.37. The zero-order valence-electron chi connectivity index (χ0n) is 16.4. The molecule has 1 N–H and O–H groups in total. The smallest absolute Gasteiger partial charge is 0.231 e. The molecule has 2 aliphatic rings. The number of guanidine groups is 1. The standard InChI is InChI=1S/C20H31N3O3.HI/c1-3-21-20(23(2)11-7-16-8-12-24-13-9-16)22-10-6-17-4-5-18-19(14-17)26-15-25-18;/h4-5,14,16H,3,6-13,15H2,1-2H3,(H,21,22);1H. The maximum atomic E-state index is 5.45. The number of nitrogens with zero attached hydrogens (tertiary/aromatic N) is 2. The molecule has 1 aromatic rings. The van der Waals surface area contributed by atoms with Gasteiger partial charge in [0.15, 0.2) is 17.5 Å². The Balaban J connectivity index is 0.00000261. The first-order chi connectivity index (χ1) is 12.8. The van der Waals surface area contributed by atoms with Crippen molar-refractivity contribution >= 4 is 29.9 Å². The maximum Gasteiger partial charge on any atom is 0.231 e. The summed E-state index contributed by atoms with van der Waals surface area (Å²) < 4.78 is 16.3. The third-order valence-corrected chi connectivity index (χ3v) is 5.01. The van der Waals surface area contributed by atoms with Crippen LogP contribution in [0.3, 0.4) is 0 Å². The molecular formula is C20H32IN3O3. The maximum absolute atomic E-state index is 5.45. The van der Waals surface area contributed by atoms with Gasteiger partial charge in [-0.1, -0.05) is 6.07 Å². The van der Waals surface area contributed by atoms with E-state index in [2.05, 4.69) is 36.3 Å². The Kier molecular flexibility index (Phi) is 9.47. The Morgan fingerprint density at radius 3 is 2.78 bits per heavy atom. The van der Waals surface area contributed by atoms with Gasteiger partial charge in [-0.15, -0.1) is 24.0 Å². The molecule has 0 atom stereocenters. The van der Waals surface area contributed by atoms with Crippen molar-refractivity contribution in [2.45, 2.75) is 32.6 Å². The molecule has 1 saturated heterocycles. The van der Waals surface area contributed by atoms with Crippen molar-refractivity contribution < 1.29 is 14.2 Å². The SMILES string of the molecule is CCNC(=NCCc1ccc2c(c1)OCO2)N(C)CCC1CCOCC1.I. The van der Waals surface area contributed by atoms with E-state index in [1.165, 1.54) is 24.8 Å². The molecule has 7 heteroatoms. The van der Waals surface area contributed by atoms with Crippen LogP contribution in [0.1, 0.15) is 31.7 Å². The van der Waals surface area contributed by atoms with Gasteiger partial charge in [-0.2, -0.15) is 0 Å². The Bertz CT molecular complexity index is 606. The van der Waals surface area contributed by atoms with Gasteiger partial charge in [-0.05, 0) is 56.2 Å². The summed E-state index contributed by atoms with van der Waals surface area (Å²) in [7, 11) is 2.13. The Labute approximate surface area is 179 Å². The van der Waals surface area contributed by atoms with Crippen LogP contribution in [0.5, 0.6) is 11.5 Å². The fourth-order valence-corrected chi connectivity index (χ4v) is 3.37. The lowest BCUT2D eigenvalue weighted by Gasteiger charge is -2.26. The van der Waals surface area contributed by atoms with E-state index < -0.39 is 0 Å². The normalized spacial score (nSPS) is 16.7. The second-order valence-corrected chi connectivity index (χ2v) is 6.94. The van der Waals surface area contributed by atoms with Crippen molar-refractivity contribution in [3.63, 3.8) is 0 Å². The summed E-state index contributed by atoms with van der Waals surface area (Å²) in [5.41, 5.74) is 1.22. The summed E-state index contributed by atoms with van der Waals surface area (Å²) in [6, 6.07) is 6.12. The molecule has 0 amide bonds. The van der Waals surface area contributed by atoms with Gasteiger partial charge in [0, 0.05) is 39.9 Å². The second-order valence-electron chi connectivity index (χ2n) is 6.94. The number of benzene rings is 1. The first-order valence-electron chi connectivity index (χ1n) is 9.72. The van der Waals surface area contributed by atoms with Crippen LogP contribution in [0.15, 0.2) is 23.2 Å². The lowest BCUT2D eigenvalue weighted by molar-refractivity contribution is 0.0625. The van der Waals surface area contributed by atoms with Crippen LogP contribution in [-0.2, 0) is 11.2 Å². The summed E-state index contributed by atoms with van der Waals surface area (Å²) >= 11 is 0. The summed E-state index contributed by atoms with van der Waals surface area (Å²) in [6.07, 6.45) is 4.46. The summed E-state index contributed by atoms with van der Waals surface area (Å²) in [6.45, 7) is 6.92. The van der Waals surface area contributed by atoms with E-state index in [0.29, 0.717) is 6.79 Å². The third kappa shape index (κ3) is 6.71. The van der Waals surface area contributed by atoms with Gasteiger partial charge < -0.3 is 24.4 Å². The van der Waals surface area contributed by atoms with Gasteiger partial charge in [0.25, 0.3) is 0 Å². The van der Waals surface area contributed by atoms with Crippen LogP contribution >= 0.6 is 24.0 Å².